The fourth-order valence-electron chi connectivity index (χ4n) is 4.78. The average molecular weight is 396 g/mol. The SMILES string of the molecule is CC1CCCN(CCOc2ccc(C3NNC(C)C3c3ccccc3)c(O)c2)C1. The van der Waals surface area contributed by atoms with Gasteiger partial charge in [-0.3, -0.25) is 10.3 Å². The molecule has 2 saturated heterocycles. The van der Waals surface area contributed by atoms with Crippen LogP contribution >= 0.6 is 0 Å². The van der Waals surface area contributed by atoms with E-state index in [0.29, 0.717) is 6.61 Å². The standard InChI is InChI=1S/C24H33N3O2/c1-17-7-6-12-27(16-17)13-14-29-20-10-11-21(22(28)15-20)24-23(18(2)25-26-24)19-8-4-3-5-9-19/h3-5,8-11,15,17-18,23-26,28H,6-7,12-14,16H2,1-2H3. The van der Waals surface area contributed by atoms with Crippen molar-refractivity contribution in [3.05, 3.63) is 59.7 Å². The Morgan fingerprint density at radius 1 is 1.10 bits per heavy atom. The number of rotatable bonds is 6. The lowest BCUT2D eigenvalue weighted by atomic mass is 9.84. The highest BCUT2D eigenvalue weighted by molar-refractivity contribution is 5.44. The zero-order valence-corrected chi connectivity index (χ0v) is 17.5. The van der Waals surface area contributed by atoms with Crippen molar-refractivity contribution in [1.82, 2.24) is 15.8 Å². The molecule has 2 aromatic rings. The molecule has 2 aromatic carbocycles. The van der Waals surface area contributed by atoms with Crippen molar-refractivity contribution in [2.75, 3.05) is 26.2 Å². The monoisotopic (exact) mass is 395 g/mol. The van der Waals surface area contributed by atoms with Crippen molar-refractivity contribution >= 4 is 0 Å². The molecule has 2 aliphatic heterocycles. The van der Waals surface area contributed by atoms with E-state index in [4.69, 9.17) is 4.74 Å². The predicted octanol–water partition coefficient (Wildman–Crippen LogP) is 3.82. The van der Waals surface area contributed by atoms with Crippen molar-refractivity contribution in [3.8, 4) is 11.5 Å². The summed E-state index contributed by atoms with van der Waals surface area (Å²) < 4.78 is 5.94. The number of piperidine rings is 1. The zero-order chi connectivity index (χ0) is 20.2. The summed E-state index contributed by atoms with van der Waals surface area (Å²) in [6.45, 7) is 8.40. The first-order valence-electron chi connectivity index (χ1n) is 10.9. The molecule has 5 heteroatoms. The zero-order valence-electron chi connectivity index (χ0n) is 17.5. The van der Waals surface area contributed by atoms with Crippen LogP contribution in [-0.2, 0) is 0 Å². The van der Waals surface area contributed by atoms with Gasteiger partial charge in [0.05, 0.1) is 6.04 Å². The molecule has 3 N–H and O–H groups in total. The fourth-order valence-corrected chi connectivity index (χ4v) is 4.78. The van der Waals surface area contributed by atoms with E-state index in [1.54, 1.807) is 6.07 Å². The summed E-state index contributed by atoms with van der Waals surface area (Å²) in [5, 5.41) is 10.7. The molecule has 0 bridgehead atoms. The Morgan fingerprint density at radius 2 is 1.93 bits per heavy atom. The van der Waals surface area contributed by atoms with Gasteiger partial charge >= 0.3 is 0 Å². The number of aromatic hydroxyl groups is 1. The quantitative estimate of drug-likeness (QED) is 0.694. The van der Waals surface area contributed by atoms with E-state index in [0.717, 1.165) is 36.9 Å². The molecule has 2 fully saturated rings. The van der Waals surface area contributed by atoms with Crippen LogP contribution in [0, 0.1) is 5.92 Å². The maximum Gasteiger partial charge on any atom is 0.124 e. The first-order valence-corrected chi connectivity index (χ1v) is 10.9. The minimum atomic E-state index is 0.0105. The second kappa shape index (κ2) is 9.16. The van der Waals surface area contributed by atoms with Gasteiger partial charge in [0.2, 0.25) is 0 Å². The molecular weight excluding hydrogens is 362 g/mol. The molecule has 0 saturated carbocycles. The number of ether oxygens (including phenoxy) is 1. The molecule has 0 aromatic heterocycles. The molecule has 0 spiro atoms. The molecule has 5 nitrogen and oxygen atoms in total. The van der Waals surface area contributed by atoms with Crippen molar-refractivity contribution in [2.24, 2.45) is 5.92 Å². The molecule has 2 heterocycles. The lowest BCUT2D eigenvalue weighted by Crippen LogP contribution is -2.37. The number of phenolic OH excluding ortho intramolecular Hbond substituents is 1. The van der Waals surface area contributed by atoms with Crippen LogP contribution in [0.3, 0.4) is 0 Å². The van der Waals surface area contributed by atoms with Gasteiger partial charge in [-0.15, -0.1) is 0 Å². The summed E-state index contributed by atoms with van der Waals surface area (Å²) >= 11 is 0. The summed E-state index contributed by atoms with van der Waals surface area (Å²) in [4.78, 5) is 2.47. The Labute approximate surface area is 174 Å². The number of likely N-dealkylation sites (tertiary alicyclic amines) is 1. The minimum Gasteiger partial charge on any atom is -0.507 e. The Morgan fingerprint density at radius 3 is 2.69 bits per heavy atom. The van der Waals surface area contributed by atoms with E-state index in [1.165, 1.54) is 18.4 Å². The van der Waals surface area contributed by atoms with Crippen LogP contribution in [0.4, 0.5) is 0 Å². The minimum absolute atomic E-state index is 0.0105. The third-order valence-corrected chi connectivity index (χ3v) is 6.30. The highest BCUT2D eigenvalue weighted by Gasteiger charge is 2.36. The topological polar surface area (TPSA) is 56.8 Å². The highest BCUT2D eigenvalue weighted by Crippen LogP contribution is 2.41. The van der Waals surface area contributed by atoms with E-state index in [2.05, 4.69) is 53.9 Å². The molecule has 4 unspecified atom stereocenters. The number of nitrogens with zero attached hydrogens (tertiary/aromatic N) is 1. The summed E-state index contributed by atoms with van der Waals surface area (Å²) in [5.74, 6) is 2.03. The van der Waals surface area contributed by atoms with Crippen molar-refractivity contribution in [2.45, 2.75) is 44.7 Å². The van der Waals surface area contributed by atoms with Gasteiger partial charge in [-0.25, -0.2) is 5.43 Å². The maximum absolute atomic E-state index is 10.7. The highest BCUT2D eigenvalue weighted by atomic mass is 16.5. The fraction of sp³-hybridized carbons (Fsp3) is 0.500. The van der Waals surface area contributed by atoms with Crippen LogP contribution < -0.4 is 15.6 Å². The molecule has 0 amide bonds. The molecule has 4 rings (SSSR count). The van der Waals surface area contributed by atoms with Crippen LogP contribution in [0.5, 0.6) is 11.5 Å². The van der Waals surface area contributed by atoms with Gasteiger partial charge in [0, 0.05) is 36.7 Å². The van der Waals surface area contributed by atoms with Gasteiger partial charge in [0.15, 0.2) is 0 Å². The van der Waals surface area contributed by atoms with Gasteiger partial charge in [-0.2, -0.15) is 0 Å². The van der Waals surface area contributed by atoms with Crippen LogP contribution in [0.2, 0.25) is 0 Å². The molecule has 0 radical (unpaired) electrons. The third-order valence-electron chi connectivity index (χ3n) is 6.30. The van der Waals surface area contributed by atoms with E-state index in [9.17, 15) is 5.11 Å². The Kier molecular flexibility index (Phi) is 6.38. The summed E-state index contributed by atoms with van der Waals surface area (Å²) in [5.41, 5.74) is 8.86. The van der Waals surface area contributed by atoms with Crippen LogP contribution in [0.1, 0.15) is 49.8 Å². The largest absolute Gasteiger partial charge is 0.507 e. The van der Waals surface area contributed by atoms with Crippen LogP contribution in [0.25, 0.3) is 0 Å². The number of hydrazine groups is 1. The third kappa shape index (κ3) is 4.74. The molecule has 29 heavy (non-hydrogen) atoms. The van der Waals surface area contributed by atoms with Gasteiger partial charge in [-0.05, 0) is 43.9 Å². The summed E-state index contributed by atoms with van der Waals surface area (Å²) in [7, 11) is 0. The lowest BCUT2D eigenvalue weighted by molar-refractivity contribution is 0.153. The van der Waals surface area contributed by atoms with E-state index in [1.807, 2.05) is 18.2 Å². The predicted molar refractivity (Wildman–Crippen MR) is 116 cm³/mol. The first kappa shape index (κ1) is 20.2. The van der Waals surface area contributed by atoms with Crippen molar-refractivity contribution in [1.29, 1.82) is 0 Å². The van der Waals surface area contributed by atoms with Crippen molar-refractivity contribution < 1.29 is 9.84 Å². The summed E-state index contributed by atoms with van der Waals surface area (Å²) in [6.07, 6.45) is 2.61. The molecule has 2 aliphatic rings. The van der Waals surface area contributed by atoms with E-state index in [-0.39, 0.29) is 23.8 Å². The maximum atomic E-state index is 10.7. The molecule has 0 aliphatic carbocycles. The average Bonchev–Trinajstić information content (AvgIpc) is 3.10. The number of benzene rings is 2. The van der Waals surface area contributed by atoms with E-state index < -0.39 is 0 Å². The number of hydrogen-bond acceptors (Lipinski definition) is 5. The van der Waals surface area contributed by atoms with Gasteiger partial charge < -0.3 is 9.84 Å². The van der Waals surface area contributed by atoms with Gasteiger partial charge in [-0.1, -0.05) is 43.3 Å². The normalized spacial score (nSPS) is 27.8. The lowest BCUT2D eigenvalue weighted by Gasteiger charge is -2.30. The van der Waals surface area contributed by atoms with E-state index >= 15 is 0 Å². The Balaban J connectivity index is 1.40. The smallest absolute Gasteiger partial charge is 0.124 e. The van der Waals surface area contributed by atoms with Crippen LogP contribution in [0.15, 0.2) is 48.5 Å². The molecule has 156 valence electrons. The molecule has 4 atom stereocenters. The first-order chi connectivity index (χ1) is 14.1. The van der Waals surface area contributed by atoms with Crippen molar-refractivity contribution in [3.63, 3.8) is 0 Å². The second-order valence-electron chi connectivity index (χ2n) is 8.61. The summed E-state index contributed by atoms with van der Waals surface area (Å²) in [6, 6.07) is 16.5. The van der Waals surface area contributed by atoms with Crippen LogP contribution in [-0.4, -0.2) is 42.3 Å². The molecular formula is C24H33N3O2. The Bertz CT molecular complexity index is 798. The van der Waals surface area contributed by atoms with Gasteiger partial charge in [0.1, 0.15) is 18.1 Å². The number of nitrogens with one attached hydrogen (secondary N) is 2. The van der Waals surface area contributed by atoms with Gasteiger partial charge in [0.25, 0.3) is 0 Å². The number of hydrogen-bond donors (Lipinski definition) is 3. The number of phenols is 1. The Hall–Kier alpha value is -2.08. The second-order valence-corrected chi connectivity index (χ2v) is 8.61.